The van der Waals surface area contributed by atoms with Crippen LogP contribution < -0.4 is 9.64 Å². The number of ether oxygens (including phenoxy) is 1. The number of nitrogens with zero attached hydrogens (tertiary/aromatic N) is 4. The van der Waals surface area contributed by atoms with Crippen molar-refractivity contribution in [3.63, 3.8) is 0 Å². The van der Waals surface area contributed by atoms with E-state index >= 15 is 0 Å². The third-order valence-electron chi connectivity index (χ3n) is 4.43. The molecule has 0 spiro atoms. The minimum Gasteiger partial charge on any atom is -0.435 e. The van der Waals surface area contributed by atoms with Gasteiger partial charge in [0.25, 0.3) is 0 Å². The number of aryl methyl sites for hydroxylation is 1. The SMILES string of the molecule is CCc1nc2ccc(F)cc2n1C1=CC=NCN1c1ccc(OC(F)F)cc1. The summed E-state index contributed by atoms with van der Waals surface area (Å²) in [5, 5.41) is 0. The molecule has 0 unspecified atom stereocenters. The fourth-order valence-electron chi connectivity index (χ4n) is 3.22. The summed E-state index contributed by atoms with van der Waals surface area (Å²) >= 11 is 0. The van der Waals surface area contributed by atoms with Crippen LogP contribution in [0, 0.1) is 5.82 Å². The Morgan fingerprint density at radius 3 is 2.64 bits per heavy atom. The molecule has 0 aliphatic carbocycles. The van der Waals surface area contributed by atoms with Crippen LogP contribution in [0.1, 0.15) is 12.7 Å². The summed E-state index contributed by atoms with van der Waals surface area (Å²) in [4.78, 5) is 10.8. The summed E-state index contributed by atoms with van der Waals surface area (Å²) in [6, 6.07) is 10.8. The number of allylic oxidation sites excluding steroid dienone is 1. The molecule has 0 amide bonds. The highest BCUT2D eigenvalue weighted by Gasteiger charge is 2.21. The Morgan fingerprint density at radius 1 is 1.14 bits per heavy atom. The molecule has 1 aliphatic rings. The average molecular weight is 386 g/mol. The Labute approximate surface area is 159 Å². The summed E-state index contributed by atoms with van der Waals surface area (Å²) in [5.74, 6) is 1.27. The first-order valence-electron chi connectivity index (χ1n) is 8.76. The van der Waals surface area contributed by atoms with Crippen molar-refractivity contribution in [2.75, 3.05) is 11.6 Å². The molecule has 3 aromatic rings. The van der Waals surface area contributed by atoms with Gasteiger partial charge in [-0.2, -0.15) is 8.78 Å². The standard InChI is InChI=1S/C20H17F3N4O/c1-2-18-25-16-8-3-13(21)11-17(16)27(18)19-9-10-24-12-26(19)14-4-6-15(7-5-14)28-20(22)23/h3-11,20H,2,12H2,1H3. The van der Waals surface area contributed by atoms with Crippen LogP contribution in [0.3, 0.4) is 0 Å². The van der Waals surface area contributed by atoms with Crippen LogP contribution in [-0.4, -0.2) is 29.0 Å². The van der Waals surface area contributed by atoms with Gasteiger partial charge >= 0.3 is 6.61 Å². The molecule has 0 saturated carbocycles. The van der Waals surface area contributed by atoms with Gasteiger partial charge in [0.05, 0.1) is 11.0 Å². The molecule has 0 fully saturated rings. The number of anilines is 1. The molecule has 2 heterocycles. The molecule has 2 aromatic carbocycles. The lowest BCUT2D eigenvalue weighted by atomic mass is 10.2. The van der Waals surface area contributed by atoms with Gasteiger partial charge in [-0.1, -0.05) is 6.92 Å². The van der Waals surface area contributed by atoms with E-state index in [1.165, 1.54) is 24.3 Å². The van der Waals surface area contributed by atoms with Crippen LogP contribution in [-0.2, 0) is 6.42 Å². The Morgan fingerprint density at radius 2 is 1.93 bits per heavy atom. The predicted octanol–water partition coefficient (Wildman–Crippen LogP) is 4.69. The normalized spacial score (nSPS) is 14.0. The van der Waals surface area contributed by atoms with Gasteiger partial charge in [-0.3, -0.25) is 9.56 Å². The van der Waals surface area contributed by atoms with Crippen LogP contribution in [0.4, 0.5) is 18.9 Å². The number of halogens is 3. The summed E-state index contributed by atoms with van der Waals surface area (Å²) in [6.45, 7) is -0.564. The second kappa shape index (κ2) is 7.38. The molecule has 1 aromatic heterocycles. The highest BCUT2D eigenvalue weighted by atomic mass is 19.3. The number of alkyl halides is 2. The van der Waals surface area contributed by atoms with Crippen LogP contribution >= 0.6 is 0 Å². The van der Waals surface area contributed by atoms with Crippen molar-refractivity contribution < 1.29 is 17.9 Å². The number of fused-ring (bicyclic) bond motifs is 1. The van der Waals surface area contributed by atoms with Crippen LogP contribution in [0.15, 0.2) is 53.5 Å². The third-order valence-corrected chi connectivity index (χ3v) is 4.43. The molecule has 5 nitrogen and oxygen atoms in total. The highest BCUT2D eigenvalue weighted by molar-refractivity contribution is 5.91. The van der Waals surface area contributed by atoms with Gasteiger partial charge < -0.3 is 9.64 Å². The predicted molar refractivity (Wildman–Crippen MR) is 102 cm³/mol. The van der Waals surface area contributed by atoms with E-state index in [2.05, 4.69) is 14.7 Å². The zero-order chi connectivity index (χ0) is 19.7. The Hall–Kier alpha value is -3.29. The number of hydrogen-bond donors (Lipinski definition) is 0. The van der Waals surface area contributed by atoms with Crippen molar-refractivity contribution in [2.45, 2.75) is 20.0 Å². The van der Waals surface area contributed by atoms with Crippen LogP contribution in [0.2, 0.25) is 0 Å². The molecular formula is C20H17F3N4O. The van der Waals surface area contributed by atoms with Crippen molar-refractivity contribution in [3.8, 4) is 5.75 Å². The van der Waals surface area contributed by atoms with Crippen LogP contribution in [0.25, 0.3) is 16.9 Å². The van der Waals surface area contributed by atoms with Gasteiger partial charge in [0.2, 0.25) is 0 Å². The molecule has 28 heavy (non-hydrogen) atoms. The lowest BCUT2D eigenvalue weighted by Crippen LogP contribution is -2.28. The number of hydrogen-bond acceptors (Lipinski definition) is 4. The van der Waals surface area contributed by atoms with Gasteiger partial charge in [-0.25, -0.2) is 9.37 Å². The van der Waals surface area contributed by atoms with Gasteiger partial charge in [0.15, 0.2) is 0 Å². The number of aliphatic imine (C=N–C) groups is 1. The Balaban J connectivity index is 1.78. The zero-order valence-electron chi connectivity index (χ0n) is 15.0. The largest absolute Gasteiger partial charge is 0.435 e. The molecular weight excluding hydrogens is 369 g/mol. The summed E-state index contributed by atoms with van der Waals surface area (Å²) in [6.07, 6.45) is 4.16. The summed E-state index contributed by atoms with van der Waals surface area (Å²) < 4.78 is 45.0. The van der Waals surface area contributed by atoms with Crippen molar-refractivity contribution in [1.29, 1.82) is 0 Å². The molecule has 4 rings (SSSR count). The first kappa shape index (κ1) is 18.1. The molecule has 0 atom stereocenters. The van der Waals surface area contributed by atoms with Crippen molar-refractivity contribution in [1.82, 2.24) is 9.55 Å². The fraction of sp³-hybridized carbons (Fsp3) is 0.200. The minimum atomic E-state index is -2.87. The van der Waals surface area contributed by atoms with E-state index in [-0.39, 0.29) is 11.6 Å². The van der Waals surface area contributed by atoms with Gasteiger partial charge in [-0.15, -0.1) is 0 Å². The lowest BCUT2D eigenvalue weighted by molar-refractivity contribution is -0.0498. The topological polar surface area (TPSA) is 42.7 Å². The first-order valence-corrected chi connectivity index (χ1v) is 8.76. The Kier molecular flexibility index (Phi) is 4.77. The summed E-state index contributed by atoms with van der Waals surface area (Å²) in [5.41, 5.74) is 2.09. The lowest BCUT2D eigenvalue weighted by Gasteiger charge is -2.29. The van der Waals surface area contributed by atoms with Gasteiger partial charge in [0, 0.05) is 24.4 Å². The van der Waals surface area contributed by atoms with Crippen molar-refractivity contribution in [2.24, 2.45) is 4.99 Å². The Bertz CT molecular complexity index is 1060. The number of rotatable bonds is 5. The minimum absolute atomic E-state index is 0.0780. The second-order valence-corrected chi connectivity index (χ2v) is 6.15. The van der Waals surface area contributed by atoms with E-state index in [0.29, 0.717) is 24.1 Å². The zero-order valence-corrected chi connectivity index (χ0v) is 15.0. The summed E-state index contributed by atoms with van der Waals surface area (Å²) in [7, 11) is 0. The number of aromatic nitrogens is 2. The highest BCUT2D eigenvalue weighted by Crippen LogP contribution is 2.30. The maximum absolute atomic E-state index is 13.9. The maximum atomic E-state index is 13.9. The average Bonchev–Trinajstić information content (AvgIpc) is 3.05. The third kappa shape index (κ3) is 3.33. The van der Waals surface area contributed by atoms with Crippen LogP contribution in [0.5, 0.6) is 5.75 Å². The molecule has 0 bridgehead atoms. The van der Waals surface area contributed by atoms with Gasteiger partial charge in [-0.05, 0) is 42.5 Å². The molecule has 0 N–H and O–H groups in total. The van der Waals surface area contributed by atoms with E-state index in [0.717, 1.165) is 17.3 Å². The smallest absolute Gasteiger partial charge is 0.387 e. The molecule has 0 saturated heterocycles. The van der Waals surface area contributed by atoms with Gasteiger partial charge in [0.1, 0.15) is 29.9 Å². The van der Waals surface area contributed by atoms with Crippen molar-refractivity contribution >= 4 is 28.8 Å². The monoisotopic (exact) mass is 386 g/mol. The van der Waals surface area contributed by atoms with Crippen molar-refractivity contribution in [3.05, 3.63) is 60.2 Å². The number of imidazole rings is 1. The number of benzene rings is 2. The van der Waals surface area contributed by atoms with E-state index < -0.39 is 6.61 Å². The quantitative estimate of drug-likeness (QED) is 0.639. The molecule has 144 valence electrons. The van der Waals surface area contributed by atoms with E-state index in [1.54, 1.807) is 24.4 Å². The van der Waals surface area contributed by atoms with E-state index in [9.17, 15) is 13.2 Å². The molecule has 1 aliphatic heterocycles. The van der Waals surface area contributed by atoms with E-state index in [1.807, 2.05) is 22.5 Å². The molecule has 0 radical (unpaired) electrons. The first-order chi connectivity index (χ1) is 13.6. The second-order valence-electron chi connectivity index (χ2n) is 6.15. The van der Waals surface area contributed by atoms with E-state index in [4.69, 9.17) is 0 Å². The fourth-order valence-corrected chi connectivity index (χ4v) is 3.22. The maximum Gasteiger partial charge on any atom is 0.387 e. The molecule has 8 heteroatoms.